The van der Waals surface area contributed by atoms with Gasteiger partial charge in [0.15, 0.2) is 11.6 Å². The zero-order valence-electron chi connectivity index (χ0n) is 9.87. The molecule has 0 N–H and O–H groups in total. The topological polar surface area (TPSA) is 55.6 Å². The zero-order valence-corrected chi connectivity index (χ0v) is 9.87. The Kier molecular flexibility index (Phi) is 3.89. The predicted octanol–water partition coefficient (Wildman–Crippen LogP) is 2.24. The Morgan fingerprint density at radius 3 is 2.63 bits per heavy atom. The summed E-state index contributed by atoms with van der Waals surface area (Å²) in [4.78, 5) is 10.6. The smallest absolute Gasteiger partial charge is 0.310 e. The van der Waals surface area contributed by atoms with Crippen molar-refractivity contribution in [2.75, 3.05) is 31.2 Å². The van der Waals surface area contributed by atoms with E-state index in [1.165, 1.54) is 4.90 Å². The average molecular weight is 276 g/mol. The maximum Gasteiger partial charge on any atom is 0.310 e. The molecule has 19 heavy (non-hydrogen) atoms. The molecule has 0 spiro atoms. The summed E-state index contributed by atoms with van der Waals surface area (Å²) in [6.45, 7) is 1.21. The molecule has 1 aromatic rings. The van der Waals surface area contributed by atoms with Crippen molar-refractivity contribution in [3.8, 4) is 0 Å². The summed E-state index contributed by atoms with van der Waals surface area (Å²) in [6, 6.07) is 0.402. The number of nitro benzene ring substituents is 1. The first-order chi connectivity index (χ1) is 9.02. The molecule has 0 amide bonds. The lowest BCUT2D eigenvalue weighted by molar-refractivity contribution is -0.388. The van der Waals surface area contributed by atoms with Crippen molar-refractivity contribution in [1.82, 2.24) is 0 Å². The summed E-state index contributed by atoms with van der Waals surface area (Å²) in [6.07, 6.45) is 0.539. The van der Waals surface area contributed by atoms with Crippen LogP contribution in [0.3, 0.4) is 0 Å². The third kappa shape index (κ3) is 2.62. The monoisotopic (exact) mass is 276 g/mol. The highest BCUT2D eigenvalue weighted by Gasteiger charge is 2.28. The molecule has 0 unspecified atom stereocenters. The van der Waals surface area contributed by atoms with Gasteiger partial charge in [-0.15, -0.1) is 0 Å². The van der Waals surface area contributed by atoms with E-state index in [-0.39, 0.29) is 13.2 Å². The van der Waals surface area contributed by atoms with Gasteiger partial charge in [-0.2, -0.15) is 4.39 Å². The molecule has 1 aliphatic rings. The summed E-state index contributed by atoms with van der Waals surface area (Å²) in [5.74, 6) is -4.33. The fourth-order valence-electron chi connectivity index (χ4n) is 1.97. The SMILES string of the molecule is O=[N+]([O-])c1cc(F)c(N2CCCOCC2)c(F)c1F. The van der Waals surface area contributed by atoms with Crippen molar-refractivity contribution in [1.29, 1.82) is 0 Å². The molecule has 0 aromatic heterocycles. The number of hydrogen-bond donors (Lipinski definition) is 0. The number of nitrogens with zero attached hydrogens (tertiary/aromatic N) is 2. The number of ether oxygens (including phenoxy) is 1. The van der Waals surface area contributed by atoms with Gasteiger partial charge in [0.1, 0.15) is 5.69 Å². The molecular weight excluding hydrogens is 265 g/mol. The van der Waals surface area contributed by atoms with Gasteiger partial charge in [0.25, 0.3) is 0 Å². The highest BCUT2D eigenvalue weighted by Crippen LogP contribution is 2.31. The Morgan fingerprint density at radius 1 is 1.21 bits per heavy atom. The number of anilines is 1. The van der Waals surface area contributed by atoms with Crippen molar-refractivity contribution in [3.63, 3.8) is 0 Å². The molecule has 1 saturated heterocycles. The van der Waals surface area contributed by atoms with Crippen molar-refractivity contribution in [2.45, 2.75) is 6.42 Å². The number of nitro groups is 1. The van der Waals surface area contributed by atoms with Crippen LogP contribution in [-0.4, -0.2) is 31.2 Å². The lowest BCUT2D eigenvalue weighted by Gasteiger charge is -2.22. The maximum absolute atomic E-state index is 13.8. The Bertz CT molecular complexity index is 502. The largest absolute Gasteiger partial charge is 0.380 e. The van der Waals surface area contributed by atoms with Gasteiger partial charge in [-0.25, -0.2) is 8.78 Å². The highest BCUT2D eigenvalue weighted by molar-refractivity contribution is 5.54. The van der Waals surface area contributed by atoms with Gasteiger partial charge < -0.3 is 9.64 Å². The Hall–Kier alpha value is -1.83. The fourth-order valence-corrected chi connectivity index (χ4v) is 1.97. The van der Waals surface area contributed by atoms with Crippen LogP contribution in [0.25, 0.3) is 0 Å². The summed E-state index contributed by atoms with van der Waals surface area (Å²) in [7, 11) is 0. The molecule has 1 fully saturated rings. The zero-order chi connectivity index (χ0) is 14.0. The Labute approximate surface area is 106 Å². The lowest BCUT2D eigenvalue weighted by atomic mass is 10.2. The van der Waals surface area contributed by atoms with Crippen LogP contribution in [-0.2, 0) is 4.74 Å². The first-order valence-electron chi connectivity index (χ1n) is 5.67. The maximum atomic E-state index is 13.8. The minimum atomic E-state index is -1.65. The van der Waals surface area contributed by atoms with Crippen LogP contribution >= 0.6 is 0 Å². The van der Waals surface area contributed by atoms with Crippen LogP contribution in [0, 0.1) is 27.6 Å². The molecule has 8 heteroatoms. The lowest BCUT2D eigenvalue weighted by Crippen LogP contribution is -2.28. The van der Waals surface area contributed by atoms with E-state index in [0.29, 0.717) is 25.6 Å². The van der Waals surface area contributed by atoms with Crippen LogP contribution in [0.4, 0.5) is 24.5 Å². The third-order valence-electron chi connectivity index (χ3n) is 2.85. The van der Waals surface area contributed by atoms with Gasteiger partial charge in [-0.3, -0.25) is 10.1 Å². The molecule has 1 aromatic carbocycles. The molecule has 2 rings (SSSR count). The number of rotatable bonds is 2. The highest BCUT2D eigenvalue weighted by atomic mass is 19.2. The Balaban J connectivity index is 2.45. The molecule has 1 aliphatic heterocycles. The second-order valence-corrected chi connectivity index (χ2v) is 4.06. The van der Waals surface area contributed by atoms with E-state index in [1.54, 1.807) is 0 Å². The second-order valence-electron chi connectivity index (χ2n) is 4.06. The summed E-state index contributed by atoms with van der Waals surface area (Å²) in [5, 5.41) is 10.5. The van der Waals surface area contributed by atoms with Gasteiger partial charge in [-0.05, 0) is 6.42 Å². The second kappa shape index (κ2) is 5.43. The van der Waals surface area contributed by atoms with Crippen LogP contribution < -0.4 is 4.90 Å². The van der Waals surface area contributed by atoms with Crippen LogP contribution in [0.1, 0.15) is 6.42 Å². The van der Waals surface area contributed by atoms with Crippen LogP contribution in [0.5, 0.6) is 0 Å². The van der Waals surface area contributed by atoms with Crippen LogP contribution in [0.15, 0.2) is 6.07 Å². The fraction of sp³-hybridized carbons (Fsp3) is 0.455. The number of halogens is 3. The van der Waals surface area contributed by atoms with Gasteiger partial charge in [0.05, 0.1) is 17.6 Å². The Morgan fingerprint density at radius 2 is 1.95 bits per heavy atom. The van der Waals surface area contributed by atoms with E-state index in [9.17, 15) is 23.3 Å². The summed E-state index contributed by atoms with van der Waals surface area (Å²) in [5.41, 5.74) is -1.78. The molecule has 104 valence electrons. The first kappa shape index (κ1) is 13.6. The summed E-state index contributed by atoms with van der Waals surface area (Å²) < 4.78 is 46.2. The molecule has 0 bridgehead atoms. The van der Waals surface area contributed by atoms with E-state index in [0.717, 1.165) is 0 Å². The molecule has 0 saturated carbocycles. The normalized spacial score (nSPS) is 16.3. The number of hydrogen-bond acceptors (Lipinski definition) is 4. The molecule has 0 radical (unpaired) electrons. The molecule has 1 heterocycles. The molecule has 0 aliphatic carbocycles. The van der Waals surface area contributed by atoms with Crippen molar-refractivity contribution < 1.29 is 22.8 Å². The van der Waals surface area contributed by atoms with Gasteiger partial charge in [-0.1, -0.05) is 0 Å². The average Bonchev–Trinajstić information content (AvgIpc) is 2.62. The van der Waals surface area contributed by atoms with Crippen molar-refractivity contribution >= 4 is 11.4 Å². The van der Waals surface area contributed by atoms with E-state index in [1.807, 2.05) is 0 Å². The molecule has 0 atom stereocenters. The summed E-state index contributed by atoms with van der Waals surface area (Å²) >= 11 is 0. The minimum Gasteiger partial charge on any atom is -0.380 e. The van der Waals surface area contributed by atoms with Gasteiger partial charge in [0, 0.05) is 19.7 Å². The quantitative estimate of drug-likeness (QED) is 0.472. The molecule has 5 nitrogen and oxygen atoms in total. The minimum absolute atomic E-state index is 0.199. The molecular formula is C11H11F3N2O3. The number of benzene rings is 1. The van der Waals surface area contributed by atoms with E-state index in [2.05, 4.69) is 0 Å². The standard InChI is InChI=1S/C11H11F3N2O3/c12-7-6-8(16(17)18)9(13)10(14)11(7)15-2-1-4-19-5-3-15/h6H,1-5H2. The first-order valence-corrected chi connectivity index (χ1v) is 5.67. The van der Waals surface area contributed by atoms with Crippen molar-refractivity contribution in [3.05, 3.63) is 33.6 Å². The van der Waals surface area contributed by atoms with Gasteiger partial charge in [0.2, 0.25) is 5.82 Å². The third-order valence-corrected chi connectivity index (χ3v) is 2.85. The van der Waals surface area contributed by atoms with Crippen LogP contribution in [0.2, 0.25) is 0 Å². The van der Waals surface area contributed by atoms with E-state index < -0.39 is 33.7 Å². The predicted molar refractivity (Wildman–Crippen MR) is 60.6 cm³/mol. The van der Waals surface area contributed by atoms with E-state index >= 15 is 0 Å². The van der Waals surface area contributed by atoms with Gasteiger partial charge >= 0.3 is 5.69 Å². The van der Waals surface area contributed by atoms with Crippen molar-refractivity contribution in [2.24, 2.45) is 0 Å². The van der Waals surface area contributed by atoms with E-state index in [4.69, 9.17) is 4.74 Å².